The molecule has 0 spiro atoms. The normalized spacial score (nSPS) is 16.0. The number of nitrogens with two attached hydrogens (primary N) is 1. The van der Waals surface area contributed by atoms with E-state index in [1.165, 1.54) is 0 Å². The zero-order valence-corrected chi connectivity index (χ0v) is 14.4. The molecule has 0 saturated heterocycles. The maximum absolute atomic E-state index is 9.60. The van der Waals surface area contributed by atoms with Crippen LogP contribution in [0.1, 0.15) is 36.6 Å². The van der Waals surface area contributed by atoms with Crippen molar-refractivity contribution in [2.75, 3.05) is 13.2 Å². The minimum atomic E-state index is -0.373. The average molecular weight is 340 g/mol. The fraction of sp³-hybridized carbons (Fsp3) is 0.333. The van der Waals surface area contributed by atoms with E-state index in [0.29, 0.717) is 36.2 Å². The molecule has 0 saturated carbocycles. The quantitative estimate of drug-likeness (QED) is 0.867. The molecule has 1 aliphatic rings. The Balaban J connectivity index is 2.15. The minimum Gasteiger partial charge on any atom is -0.490 e. The number of aryl methyl sites for hydroxylation is 1. The number of aromatic amines is 1. The number of benzene rings is 1. The number of fused-ring (bicyclic) bond motifs is 1. The van der Waals surface area contributed by atoms with Gasteiger partial charge in [-0.05, 0) is 38.5 Å². The zero-order valence-electron chi connectivity index (χ0n) is 14.4. The molecular weight excluding hydrogens is 320 g/mol. The van der Waals surface area contributed by atoms with Gasteiger partial charge in [-0.2, -0.15) is 5.26 Å². The SMILES string of the molecule is CCOc1ccc(C2C(C#N)=C(N)Oc3n[nH]c(C)c32)cc1OCC. The molecule has 7 heteroatoms. The highest BCUT2D eigenvalue weighted by Gasteiger charge is 2.34. The third-order valence-corrected chi connectivity index (χ3v) is 4.03. The lowest BCUT2D eigenvalue weighted by Gasteiger charge is -2.24. The van der Waals surface area contributed by atoms with Crippen LogP contribution in [0.3, 0.4) is 0 Å². The fourth-order valence-electron chi connectivity index (χ4n) is 2.98. The van der Waals surface area contributed by atoms with Crippen molar-refractivity contribution in [1.82, 2.24) is 10.2 Å². The average Bonchev–Trinajstić information content (AvgIpc) is 2.96. The van der Waals surface area contributed by atoms with Crippen molar-refractivity contribution in [2.24, 2.45) is 5.73 Å². The van der Waals surface area contributed by atoms with E-state index in [-0.39, 0.29) is 11.8 Å². The molecule has 0 amide bonds. The molecular formula is C18H20N4O3. The predicted octanol–water partition coefficient (Wildman–Crippen LogP) is 2.73. The Hall–Kier alpha value is -3.14. The molecule has 1 atom stereocenters. The standard InChI is InChI=1S/C18H20N4O3/c1-4-23-13-7-6-11(8-14(13)24-5-2)16-12(9-19)17(20)25-18-15(16)10(3)21-22-18/h6-8,16H,4-5,20H2,1-3H3,(H,21,22). The van der Waals surface area contributed by atoms with E-state index in [1.54, 1.807) is 0 Å². The first-order valence-electron chi connectivity index (χ1n) is 8.12. The van der Waals surface area contributed by atoms with Crippen LogP contribution in [0.25, 0.3) is 0 Å². The Morgan fingerprint density at radius 2 is 2.00 bits per heavy atom. The minimum absolute atomic E-state index is 0.0679. The smallest absolute Gasteiger partial charge is 0.244 e. The maximum Gasteiger partial charge on any atom is 0.244 e. The summed E-state index contributed by atoms with van der Waals surface area (Å²) < 4.78 is 16.8. The van der Waals surface area contributed by atoms with Gasteiger partial charge in [-0.25, -0.2) is 0 Å². The molecule has 2 aromatic rings. The van der Waals surface area contributed by atoms with Crippen molar-refractivity contribution in [1.29, 1.82) is 5.26 Å². The van der Waals surface area contributed by atoms with Crippen LogP contribution < -0.4 is 19.9 Å². The summed E-state index contributed by atoms with van der Waals surface area (Å²) in [5.41, 5.74) is 8.78. The lowest BCUT2D eigenvalue weighted by atomic mass is 9.84. The molecule has 1 unspecified atom stereocenters. The van der Waals surface area contributed by atoms with Crippen molar-refractivity contribution in [3.63, 3.8) is 0 Å². The van der Waals surface area contributed by atoms with Crippen LogP contribution in [-0.2, 0) is 0 Å². The summed E-state index contributed by atoms with van der Waals surface area (Å²) >= 11 is 0. The molecule has 1 aliphatic heterocycles. The third kappa shape index (κ3) is 2.87. The predicted molar refractivity (Wildman–Crippen MR) is 91.4 cm³/mol. The summed E-state index contributed by atoms with van der Waals surface area (Å²) in [5, 5.41) is 16.6. The van der Waals surface area contributed by atoms with Gasteiger partial charge in [0.05, 0.1) is 19.1 Å². The molecule has 7 nitrogen and oxygen atoms in total. The number of ether oxygens (including phenoxy) is 3. The summed E-state index contributed by atoms with van der Waals surface area (Å²) in [6, 6.07) is 7.80. The van der Waals surface area contributed by atoms with Gasteiger partial charge in [0.1, 0.15) is 11.6 Å². The number of allylic oxidation sites excluding steroid dienone is 1. The number of rotatable bonds is 5. The van der Waals surface area contributed by atoms with Crippen LogP contribution in [-0.4, -0.2) is 23.4 Å². The molecule has 130 valence electrons. The van der Waals surface area contributed by atoms with Crippen LogP contribution >= 0.6 is 0 Å². The molecule has 0 fully saturated rings. The third-order valence-electron chi connectivity index (χ3n) is 4.03. The van der Waals surface area contributed by atoms with Gasteiger partial charge in [-0.15, -0.1) is 5.10 Å². The number of hydrogen-bond donors (Lipinski definition) is 2. The van der Waals surface area contributed by atoms with Gasteiger partial charge in [-0.3, -0.25) is 5.10 Å². The van der Waals surface area contributed by atoms with Gasteiger partial charge in [0.15, 0.2) is 11.5 Å². The molecule has 2 heterocycles. The number of H-pyrrole nitrogens is 1. The summed E-state index contributed by atoms with van der Waals surface area (Å²) in [5.74, 6) is 1.39. The summed E-state index contributed by atoms with van der Waals surface area (Å²) in [7, 11) is 0. The van der Waals surface area contributed by atoms with Gasteiger partial charge in [0.2, 0.25) is 11.8 Å². The largest absolute Gasteiger partial charge is 0.490 e. The molecule has 0 aliphatic carbocycles. The Kier molecular flexibility index (Phi) is 4.52. The molecule has 1 aromatic carbocycles. The molecule has 0 bridgehead atoms. The van der Waals surface area contributed by atoms with E-state index in [2.05, 4.69) is 16.3 Å². The van der Waals surface area contributed by atoms with Crippen LogP contribution in [0.4, 0.5) is 0 Å². The zero-order chi connectivity index (χ0) is 18.0. The summed E-state index contributed by atoms with van der Waals surface area (Å²) in [6.07, 6.45) is 0. The first kappa shape index (κ1) is 16.7. The second-order valence-corrected chi connectivity index (χ2v) is 5.56. The number of hydrogen-bond acceptors (Lipinski definition) is 6. The van der Waals surface area contributed by atoms with E-state index >= 15 is 0 Å². The van der Waals surface area contributed by atoms with E-state index in [1.807, 2.05) is 39.0 Å². The number of nitrogens with one attached hydrogen (secondary N) is 1. The van der Waals surface area contributed by atoms with Gasteiger partial charge >= 0.3 is 0 Å². The Labute approximate surface area is 146 Å². The number of aromatic nitrogens is 2. The number of nitriles is 1. The van der Waals surface area contributed by atoms with E-state index in [0.717, 1.165) is 16.8 Å². The van der Waals surface area contributed by atoms with Gasteiger partial charge in [-0.1, -0.05) is 6.07 Å². The van der Waals surface area contributed by atoms with E-state index in [9.17, 15) is 5.26 Å². The lowest BCUT2D eigenvalue weighted by molar-refractivity contribution is 0.287. The molecule has 0 radical (unpaired) electrons. The van der Waals surface area contributed by atoms with Crippen LogP contribution in [0.15, 0.2) is 29.7 Å². The topological polar surface area (TPSA) is 106 Å². The molecule has 3 N–H and O–H groups in total. The van der Waals surface area contributed by atoms with Crippen molar-refractivity contribution in [3.05, 3.63) is 46.5 Å². The Bertz CT molecular complexity index is 864. The fourth-order valence-corrected chi connectivity index (χ4v) is 2.98. The summed E-state index contributed by atoms with van der Waals surface area (Å²) in [4.78, 5) is 0. The second-order valence-electron chi connectivity index (χ2n) is 5.56. The van der Waals surface area contributed by atoms with Crippen LogP contribution in [0, 0.1) is 18.3 Å². The molecule has 25 heavy (non-hydrogen) atoms. The second kappa shape index (κ2) is 6.77. The Morgan fingerprint density at radius 1 is 1.28 bits per heavy atom. The van der Waals surface area contributed by atoms with Gasteiger partial charge in [0, 0.05) is 11.3 Å². The molecule has 3 rings (SSSR count). The monoisotopic (exact) mass is 340 g/mol. The van der Waals surface area contributed by atoms with Crippen LogP contribution in [0.2, 0.25) is 0 Å². The highest BCUT2D eigenvalue weighted by molar-refractivity contribution is 5.57. The van der Waals surface area contributed by atoms with Crippen molar-refractivity contribution >= 4 is 0 Å². The maximum atomic E-state index is 9.60. The van der Waals surface area contributed by atoms with Crippen molar-refractivity contribution in [2.45, 2.75) is 26.7 Å². The van der Waals surface area contributed by atoms with E-state index < -0.39 is 0 Å². The Morgan fingerprint density at radius 3 is 2.68 bits per heavy atom. The lowest BCUT2D eigenvalue weighted by Crippen LogP contribution is -2.21. The van der Waals surface area contributed by atoms with Crippen molar-refractivity contribution < 1.29 is 14.2 Å². The van der Waals surface area contributed by atoms with Gasteiger partial charge in [0.25, 0.3) is 0 Å². The summed E-state index contributed by atoms with van der Waals surface area (Å²) in [6.45, 7) is 6.76. The van der Waals surface area contributed by atoms with Crippen LogP contribution in [0.5, 0.6) is 17.4 Å². The first-order valence-corrected chi connectivity index (χ1v) is 8.12. The highest BCUT2D eigenvalue weighted by Crippen LogP contribution is 2.44. The molecule has 1 aromatic heterocycles. The first-order chi connectivity index (χ1) is 12.1. The highest BCUT2D eigenvalue weighted by atomic mass is 16.5. The van der Waals surface area contributed by atoms with E-state index in [4.69, 9.17) is 19.9 Å². The number of nitrogens with zero attached hydrogens (tertiary/aromatic N) is 2. The van der Waals surface area contributed by atoms with Crippen molar-refractivity contribution in [3.8, 4) is 23.4 Å². The van der Waals surface area contributed by atoms with Gasteiger partial charge < -0.3 is 19.9 Å².